The van der Waals surface area contributed by atoms with E-state index in [0.29, 0.717) is 0 Å². The van der Waals surface area contributed by atoms with E-state index < -0.39 is 0 Å². The Morgan fingerprint density at radius 2 is 1.88 bits per heavy atom. The van der Waals surface area contributed by atoms with Crippen molar-refractivity contribution in [1.29, 1.82) is 0 Å². The van der Waals surface area contributed by atoms with Crippen LogP contribution in [-0.4, -0.2) is 33.0 Å². The van der Waals surface area contributed by atoms with E-state index in [1.165, 1.54) is 5.56 Å². The number of hydrogen-bond acceptors (Lipinski definition) is 3. The molecule has 0 amide bonds. The first-order valence-corrected chi connectivity index (χ1v) is 6.17. The number of nitrogens with one attached hydrogen (secondary N) is 1. The largest absolute Gasteiger partial charge is 0.381 e. The van der Waals surface area contributed by atoms with Crippen molar-refractivity contribution in [3.63, 3.8) is 0 Å². The summed E-state index contributed by atoms with van der Waals surface area (Å²) < 4.78 is 11.3. The minimum absolute atomic E-state index is 0.144. The predicted molar refractivity (Wildman–Crippen MR) is 68.0 cm³/mol. The number of hydrogen-bond donors (Lipinski definition) is 1. The van der Waals surface area contributed by atoms with E-state index in [0.717, 1.165) is 26.1 Å². The molecule has 0 spiro atoms. The first kappa shape index (κ1) is 12.6. The first-order chi connectivity index (χ1) is 8.32. The monoisotopic (exact) mass is 235 g/mol. The number of rotatable bonds is 4. The summed E-state index contributed by atoms with van der Waals surface area (Å²) in [5.41, 5.74) is 1.13. The van der Waals surface area contributed by atoms with Gasteiger partial charge < -0.3 is 14.8 Å². The maximum Gasteiger partial charge on any atom is 0.0916 e. The zero-order chi connectivity index (χ0) is 12.1. The van der Waals surface area contributed by atoms with Crippen molar-refractivity contribution in [2.45, 2.75) is 24.5 Å². The number of benzene rings is 1. The maximum atomic E-state index is 5.84. The zero-order valence-electron chi connectivity index (χ0n) is 10.6. The molecule has 0 aliphatic carbocycles. The lowest BCUT2D eigenvalue weighted by Crippen LogP contribution is -2.48. The molecule has 1 saturated heterocycles. The van der Waals surface area contributed by atoms with E-state index in [4.69, 9.17) is 9.47 Å². The molecule has 3 nitrogen and oxygen atoms in total. The highest BCUT2D eigenvalue weighted by molar-refractivity contribution is 5.22. The van der Waals surface area contributed by atoms with Crippen LogP contribution in [0.5, 0.6) is 0 Å². The second-order valence-electron chi connectivity index (χ2n) is 4.51. The quantitative estimate of drug-likeness (QED) is 0.867. The predicted octanol–water partition coefficient (Wildman–Crippen LogP) is 2.14. The molecule has 1 fully saturated rings. The van der Waals surface area contributed by atoms with Crippen molar-refractivity contribution in [2.24, 2.45) is 0 Å². The molecule has 94 valence electrons. The van der Waals surface area contributed by atoms with Crippen LogP contribution in [0.25, 0.3) is 0 Å². The van der Waals surface area contributed by atoms with Gasteiger partial charge in [0.1, 0.15) is 0 Å². The number of ether oxygens (including phenoxy) is 2. The van der Waals surface area contributed by atoms with Crippen LogP contribution in [-0.2, 0) is 9.47 Å². The summed E-state index contributed by atoms with van der Waals surface area (Å²) in [6.45, 7) is 1.55. The summed E-state index contributed by atoms with van der Waals surface area (Å²) in [6.07, 6.45) is 1.87. The Hall–Kier alpha value is -0.900. The molecule has 0 aromatic heterocycles. The molecular formula is C14H21NO2. The van der Waals surface area contributed by atoms with Crippen molar-refractivity contribution < 1.29 is 9.47 Å². The summed E-state index contributed by atoms with van der Waals surface area (Å²) in [5, 5.41) is 3.40. The Morgan fingerprint density at radius 3 is 2.41 bits per heavy atom. The van der Waals surface area contributed by atoms with Crippen LogP contribution in [0.4, 0.5) is 0 Å². The summed E-state index contributed by atoms with van der Waals surface area (Å²) in [7, 11) is 3.80. The van der Waals surface area contributed by atoms with Crippen molar-refractivity contribution in [3.05, 3.63) is 35.9 Å². The lowest BCUT2D eigenvalue weighted by atomic mass is 9.82. The fraction of sp³-hybridized carbons (Fsp3) is 0.571. The van der Waals surface area contributed by atoms with Gasteiger partial charge in [-0.3, -0.25) is 0 Å². The molecule has 0 bridgehead atoms. The summed E-state index contributed by atoms with van der Waals surface area (Å²) in [5.74, 6) is 0. The van der Waals surface area contributed by atoms with Gasteiger partial charge in [-0.2, -0.15) is 0 Å². The molecular weight excluding hydrogens is 214 g/mol. The van der Waals surface area contributed by atoms with Crippen LogP contribution >= 0.6 is 0 Å². The summed E-state index contributed by atoms with van der Waals surface area (Å²) in [6, 6.07) is 10.7. The second kappa shape index (κ2) is 5.63. The van der Waals surface area contributed by atoms with Crippen LogP contribution in [0, 0.1) is 0 Å². The fourth-order valence-electron chi connectivity index (χ4n) is 2.71. The van der Waals surface area contributed by atoms with Crippen molar-refractivity contribution in [1.82, 2.24) is 5.32 Å². The maximum absolute atomic E-state index is 5.84. The molecule has 1 aromatic carbocycles. The van der Waals surface area contributed by atoms with Gasteiger partial charge in [0, 0.05) is 33.2 Å². The van der Waals surface area contributed by atoms with E-state index in [1.807, 2.05) is 13.1 Å². The molecule has 1 atom stereocenters. The Bertz CT molecular complexity index is 333. The Morgan fingerprint density at radius 1 is 1.24 bits per heavy atom. The molecule has 3 heteroatoms. The van der Waals surface area contributed by atoms with Gasteiger partial charge in [0.25, 0.3) is 0 Å². The van der Waals surface area contributed by atoms with Crippen LogP contribution in [0.15, 0.2) is 30.3 Å². The van der Waals surface area contributed by atoms with E-state index in [-0.39, 0.29) is 11.6 Å². The third kappa shape index (κ3) is 2.51. The van der Waals surface area contributed by atoms with Gasteiger partial charge in [-0.05, 0) is 12.6 Å². The van der Waals surface area contributed by atoms with Crippen molar-refractivity contribution >= 4 is 0 Å². The fourth-order valence-corrected chi connectivity index (χ4v) is 2.71. The van der Waals surface area contributed by atoms with E-state index in [2.05, 4.69) is 29.6 Å². The molecule has 0 radical (unpaired) electrons. The van der Waals surface area contributed by atoms with Crippen molar-refractivity contribution in [3.8, 4) is 0 Å². The van der Waals surface area contributed by atoms with Crippen LogP contribution < -0.4 is 5.32 Å². The molecule has 1 unspecified atom stereocenters. The average Bonchev–Trinajstić information content (AvgIpc) is 2.42. The second-order valence-corrected chi connectivity index (χ2v) is 4.51. The highest BCUT2D eigenvalue weighted by Crippen LogP contribution is 2.36. The molecule has 1 aromatic rings. The minimum atomic E-state index is -0.144. The summed E-state index contributed by atoms with van der Waals surface area (Å²) >= 11 is 0. The van der Waals surface area contributed by atoms with Gasteiger partial charge in [0.2, 0.25) is 0 Å². The molecule has 1 aliphatic heterocycles. The molecule has 17 heavy (non-hydrogen) atoms. The SMILES string of the molecule is CNC(c1ccccc1)C1(OC)CCOCC1. The van der Waals surface area contributed by atoms with Gasteiger partial charge in [0.15, 0.2) is 0 Å². The van der Waals surface area contributed by atoms with E-state index in [1.54, 1.807) is 7.11 Å². The summed E-state index contributed by atoms with van der Waals surface area (Å²) in [4.78, 5) is 0. The van der Waals surface area contributed by atoms with Gasteiger partial charge >= 0.3 is 0 Å². The normalized spacial score (nSPS) is 21.1. The third-order valence-electron chi connectivity index (χ3n) is 3.69. The Kier molecular flexibility index (Phi) is 4.15. The molecule has 1 heterocycles. The molecule has 1 N–H and O–H groups in total. The third-order valence-corrected chi connectivity index (χ3v) is 3.69. The molecule has 0 saturated carbocycles. The topological polar surface area (TPSA) is 30.5 Å². The smallest absolute Gasteiger partial charge is 0.0916 e. The first-order valence-electron chi connectivity index (χ1n) is 6.17. The van der Waals surface area contributed by atoms with Gasteiger partial charge in [-0.15, -0.1) is 0 Å². The Balaban J connectivity index is 2.26. The standard InChI is InChI=1S/C14H21NO2/c1-15-13(12-6-4-3-5-7-12)14(16-2)8-10-17-11-9-14/h3-7,13,15H,8-11H2,1-2H3. The van der Waals surface area contributed by atoms with E-state index >= 15 is 0 Å². The molecule has 1 aliphatic rings. The minimum Gasteiger partial charge on any atom is -0.381 e. The number of methoxy groups -OCH3 is 1. The lowest BCUT2D eigenvalue weighted by Gasteiger charge is -2.42. The van der Waals surface area contributed by atoms with Gasteiger partial charge in [0.05, 0.1) is 11.6 Å². The zero-order valence-corrected chi connectivity index (χ0v) is 10.6. The highest BCUT2D eigenvalue weighted by atomic mass is 16.5. The van der Waals surface area contributed by atoms with Crippen LogP contribution in [0.3, 0.4) is 0 Å². The van der Waals surface area contributed by atoms with E-state index in [9.17, 15) is 0 Å². The van der Waals surface area contributed by atoms with Gasteiger partial charge in [-0.1, -0.05) is 30.3 Å². The van der Waals surface area contributed by atoms with Crippen molar-refractivity contribution in [2.75, 3.05) is 27.4 Å². The van der Waals surface area contributed by atoms with Crippen LogP contribution in [0.2, 0.25) is 0 Å². The van der Waals surface area contributed by atoms with Crippen LogP contribution in [0.1, 0.15) is 24.4 Å². The Labute approximate surface area is 103 Å². The van der Waals surface area contributed by atoms with Gasteiger partial charge in [-0.25, -0.2) is 0 Å². The highest BCUT2D eigenvalue weighted by Gasteiger charge is 2.40. The lowest BCUT2D eigenvalue weighted by molar-refractivity contribution is -0.110. The molecule has 2 rings (SSSR count). The number of likely N-dealkylation sites (N-methyl/N-ethyl adjacent to an activating group) is 1. The average molecular weight is 235 g/mol.